The molecular weight excluding hydrogens is 313 g/mol. The second kappa shape index (κ2) is 8.55. The highest BCUT2D eigenvalue weighted by molar-refractivity contribution is 5.78. The molecule has 1 atom stereocenters. The molecule has 0 spiro atoms. The van der Waals surface area contributed by atoms with Crippen LogP contribution < -0.4 is 0 Å². The number of amides is 1. The first-order valence-electron chi connectivity index (χ1n) is 8.54. The Bertz CT molecular complexity index is 542. The zero-order valence-electron chi connectivity index (χ0n) is 13.8. The quantitative estimate of drug-likeness (QED) is 0.765. The van der Waals surface area contributed by atoms with Crippen LogP contribution >= 0.6 is 0 Å². The average Bonchev–Trinajstić information content (AvgIpc) is 2.56. The zero-order valence-corrected chi connectivity index (χ0v) is 13.8. The van der Waals surface area contributed by atoms with Gasteiger partial charge in [-0.15, -0.1) is 0 Å². The van der Waals surface area contributed by atoms with E-state index in [1.54, 1.807) is 23.1 Å². The first-order chi connectivity index (χ1) is 11.7. The minimum Gasteiger partial charge on any atom is -0.376 e. The van der Waals surface area contributed by atoms with Crippen LogP contribution in [-0.4, -0.2) is 55.9 Å². The average molecular weight is 337 g/mol. The summed E-state index contributed by atoms with van der Waals surface area (Å²) in [5, 5.41) is 0. The van der Waals surface area contributed by atoms with Crippen LogP contribution in [0.1, 0.15) is 24.8 Å². The Morgan fingerprint density at radius 2 is 2.12 bits per heavy atom. The van der Waals surface area contributed by atoms with Gasteiger partial charge in [-0.3, -0.25) is 4.79 Å². The van der Waals surface area contributed by atoms with E-state index in [0.717, 1.165) is 25.9 Å². The van der Waals surface area contributed by atoms with Crippen LogP contribution in [0.4, 0.5) is 4.39 Å². The van der Waals surface area contributed by atoms with Gasteiger partial charge in [0.25, 0.3) is 0 Å². The van der Waals surface area contributed by atoms with Crippen LogP contribution in [0.5, 0.6) is 0 Å². The fourth-order valence-electron chi connectivity index (χ4n) is 2.88. The van der Waals surface area contributed by atoms with Gasteiger partial charge >= 0.3 is 0 Å². The van der Waals surface area contributed by atoms with Crippen molar-refractivity contribution in [2.45, 2.75) is 38.1 Å². The normalized spacial score (nSPS) is 21.5. The van der Waals surface area contributed by atoms with E-state index in [9.17, 15) is 9.18 Å². The van der Waals surface area contributed by atoms with Crippen molar-refractivity contribution in [3.63, 3.8) is 0 Å². The van der Waals surface area contributed by atoms with Gasteiger partial charge in [-0.1, -0.05) is 18.2 Å². The maximum absolute atomic E-state index is 13.5. The molecule has 2 saturated heterocycles. The lowest BCUT2D eigenvalue weighted by Gasteiger charge is -2.39. The number of hydrogen-bond donors (Lipinski definition) is 0. The van der Waals surface area contributed by atoms with E-state index in [2.05, 4.69) is 0 Å². The molecule has 0 aromatic heterocycles. The zero-order chi connectivity index (χ0) is 16.8. The first-order valence-corrected chi connectivity index (χ1v) is 8.54. The molecule has 5 nitrogen and oxygen atoms in total. The van der Waals surface area contributed by atoms with Crippen LogP contribution in [-0.2, 0) is 25.6 Å². The molecule has 2 aliphatic heterocycles. The van der Waals surface area contributed by atoms with Crippen molar-refractivity contribution in [1.29, 1.82) is 0 Å². The number of benzene rings is 1. The Balaban J connectivity index is 1.28. The molecule has 2 heterocycles. The Hall–Kier alpha value is -1.50. The molecular formula is C18H24FNO4. The van der Waals surface area contributed by atoms with Crippen LogP contribution in [0.2, 0.25) is 0 Å². The van der Waals surface area contributed by atoms with Gasteiger partial charge in [0, 0.05) is 25.3 Å². The molecule has 1 aromatic carbocycles. The van der Waals surface area contributed by atoms with E-state index in [-0.39, 0.29) is 37.1 Å². The van der Waals surface area contributed by atoms with E-state index in [4.69, 9.17) is 14.2 Å². The van der Waals surface area contributed by atoms with Crippen molar-refractivity contribution in [2.24, 2.45) is 0 Å². The van der Waals surface area contributed by atoms with E-state index in [1.807, 2.05) is 0 Å². The number of ether oxygens (including phenoxy) is 3. The number of carbonyl (C=O) groups excluding carboxylic acids is 1. The monoisotopic (exact) mass is 337 g/mol. The summed E-state index contributed by atoms with van der Waals surface area (Å²) < 4.78 is 30.1. The first kappa shape index (κ1) is 17.3. The Labute approximate surface area is 141 Å². The summed E-state index contributed by atoms with van der Waals surface area (Å²) in [6, 6.07) is 6.56. The summed E-state index contributed by atoms with van der Waals surface area (Å²) in [4.78, 5) is 13.7. The van der Waals surface area contributed by atoms with Gasteiger partial charge in [-0.25, -0.2) is 4.39 Å². The number of carbonyl (C=O) groups is 1. The number of rotatable bonds is 7. The smallest absolute Gasteiger partial charge is 0.248 e. The predicted octanol–water partition coefficient (Wildman–Crippen LogP) is 2.14. The largest absolute Gasteiger partial charge is 0.376 e. The van der Waals surface area contributed by atoms with Crippen LogP contribution in [0.3, 0.4) is 0 Å². The van der Waals surface area contributed by atoms with Gasteiger partial charge < -0.3 is 19.1 Å². The topological polar surface area (TPSA) is 48.0 Å². The molecule has 1 amide bonds. The van der Waals surface area contributed by atoms with Crippen molar-refractivity contribution in [3.8, 4) is 0 Å². The highest BCUT2D eigenvalue weighted by atomic mass is 19.1. The van der Waals surface area contributed by atoms with Crippen molar-refractivity contribution in [1.82, 2.24) is 4.90 Å². The summed E-state index contributed by atoms with van der Waals surface area (Å²) in [5.41, 5.74) is 0.540. The molecule has 1 aromatic rings. The fourth-order valence-corrected chi connectivity index (χ4v) is 2.88. The molecule has 24 heavy (non-hydrogen) atoms. The molecule has 0 aliphatic carbocycles. The summed E-state index contributed by atoms with van der Waals surface area (Å²) in [7, 11) is 0. The highest BCUT2D eigenvalue weighted by Crippen LogP contribution is 2.16. The second-order valence-electron chi connectivity index (χ2n) is 6.33. The molecule has 2 aliphatic rings. The Kier molecular flexibility index (Phi) is 6.18. The molecule has 132 valence electrons. The molecule has 2 fully saturated rings. The maximum atomic E-state index is 13.5. The summed E-state index contributed by atoms with van der Waals surface area (Å²) in [6.07, 6.45) is 3.37. The molecule has 6 heteroatoms. The van der Waals surface area contributed by atoms with Gasteiger partial charge in [0.15, 0.2) is 0 Å². The van der Waals surface area contributed by atoms with Crippen molar-refractivity contribution in [3.05, 3.63) is 35.6 Å². The van der Waals surface area contributed by atoms with Crippen molar-refractivity contribution < 1.29 is 23.4 Å². The van der Waals surface area contributed by atoms with E-state index < -0.39 is 0 Å². The minimum atomic E-state index is -0.261. The molecule has 3 rings (SSSR count). The maximum Gasteiger partial charge on any atom is 0.248 e. The third-order valence-electron chi connectivity index (χ3n) is 4.44. The third-order valence-corrected chi connectivity index (χ3v) is 4.44. The Morgan fingerprint density at radius 1 is 1.29 bits per heavy atom. The number of nitrogens with zero attached hydrogens (tertiary/aromatic N) is 1. The summed E-state index contributed by atoms with van der Waals surface area (Å²) in [5.74, 6) is -0.292. The number of halogens is 1. The Morgan fingerprint density at radius 3 is 2.88 bits per heavy atom. The molecule has 0 saturated carbocycles. The van der Waals surface area contributed by atoms with Gasteiger partial charge in [0.05, 0.1) is 25.4 Å². The second-order valence-corrected chi connectivity index (χ2v) is 6.33. The lowest BCUT2D eigenvalue weighted by molar-refractivity contribution is -0.152. The fraction of sp³-hybridized carbons (Fsp3) is 0.611. The van der Waals surface area contributed by atoms with Crippen LogP contribution in [0, 0.1) is 5.82 Å². The highest BCUT2D eigenvalue weighted by Gasteiger charge is 2.31. The van der Waals surface area contributed by atoms with E-state index >= 15 is 0 Å². The molecule has 0 radical (unpaired) electrons. The number of likely N-dealkylation sites (tertiary alicyclic amines) is 1. The standard InChI is InChI=1S/C18H24FNO4/c19-17-7-2-1-5-14(17)11-24-16-9-20(10-16)18(21)13-22-12-15-6-3-4-8-23-15/h1-2,5,7,15-16H,3-4,6,8-13H2. The lowest BCUT2D eigenvalue weighted by atomic mass is 10.1. The van der Waals surface area contributed by atoms with Crippen molar-refractivity contribution >= 4 is 5.91 Å². The summed E-state index contributed by atoms with van der Waals surface area (Å²) >= 11 is 0. The SMILES string of the molecule is O=C(COCC1CCCCO1)N1CC(OCc2ccccc2F)C1. The molecule has 1 unspecified atom stereocenters. The number of hydrogen-bond acceptors (Lipinski definition) is 4. The predicted molar refractivity (Wildman–Crippen MR) is 86.0 cm³/mol. The van der Waals surface area contributed by atoms with Crippen LogP contribution in [0.25, 0.3) is 0 Å². The van der Waals surface area contributed by atoms with E-state index in [1.165, 1.54) is 6.07 Å². The minimum absolute atomic E-state index is 0.0310. The van der Waals surface area contributed by atoms with Gasteiger partial charge in [-0.05, 0) is 25.3 Å². The van der Waals surface area contributed by atoms with Crippen molar-refractivity contribution in [2.75, 3.05) is 32.9 Å². The molecule has 0 N–H and O–H groups in total. The van der Waals surface area contributed by atoms with Gasteiger partial charge in [0.2, 0.25) is 5.91 Å². The summed E-state index contributed by atoms with van der Waals surface area (Å²) in [6.45, 7) is 2.66. The van der Waals surface area contributed by atoms with E-state index in [0.29, 0.717) is 25.3 Å². The third kappa shape index (κ3) is 4.75. The van der Waals surface area contributed by atoms with Gasteiger partial charge in [0.1, 0.15) is 12.4 Å². The molecule has 0 bridgehead atoms. The lowest BCUT2D eigenvalue weighted by Crippen LogP contribution is -2.55. The van der Waals surface area contributed by atoms with Gasteiger partial charge in [-0.2, -0.15) is 0 Å². The van der Waals surface area contributed by atoms with Crippen LogP contribution in [0.15, 0.2) is 24.3 Å².